The Bertz CT molecular complexity index is 534. The van der Waals surface area contributed by atoms with Gasteiger partial charge in [-0.1, -0.05) is 30.0 Å². The standard InChI is InChI=1S/C10H9NO3S2/c12-9-6-15-10(11-9)7-16(13,14)8-4-2-1-3-5-8/h1-5,7H,6H2,(H,11,12)/b10-7-. The second kappa shape index (κ2) is 4.31. The third-order valence-electron chi connectivity index (χ3n) is 1.96. The molecule has 1 saturated heterocycles. The van der Waals surface area contributed by atoms with Gasteiger partial charge in [-0.15, -0.1) is 0 Å². The van der Waals surface area contributed by atoms with Crippen molar-refractivity contribution in [1.29, 1.82) is 0 Å². The molecule has 16 heavy (non-hydrogen) atoms. The molecule has 0 saturated carbocycles. The summed E-state index contributed by atoms with van der Waals surface area (Å²) in [7, 11) is -3.46. The van der Waals surface area contributed by atoms with E-state index in [9.17, 15) is 13.2 Å². The molecule has 1 N–H and O–H groups in total. The molecule has 1 amide bonds. The van der Waals surface area contributed by atoms with Gasteiger partial charge in [0.05, 0.1) is 21.1 Å². The van der Waals surface area contributed by atoms with Gasteiger partial charge >= 0.3 is 0 Å². The second-order valence-corrected chi connectivity index (χ2v) is 5.99. The maximum absolute atomic E-state index is 11.9. The molecular weight excluding hydrogens is 246 g/mol. The molecule has 0 bridgehead atoms. The van der Waals surface area contributed by atoms with Crippen LogP contribution in [-0.4, -0.2) is 20.1 Å². The highest BCUT2D eigenvalue weighted by Crippen LogP contribution is 2.22. The lowest BCUT2D eigenvalue weighted by molar-refractivity contribution is -0.117. The quantitative estimate of drug-likeness (QED) is 0.860. The molecule has 1 fully saturated rings. The summed E-state index contributed by atoms with van der Waals surface area (Å²) in [5, 5.41) is 3.96. The first kappa shape index (κ1) is 11.2. The highest BCUT2D eigenvalue weighted by molar-refractivity contribution is 8.05. The SMILES string of the molecule is O=C1CS/C(=C\S(=O)(=O)c2ccccc2)N1. The van der Waals surface area contributed by atoms with Crippen LogP contribution in [-0.2, 0) is 14.6 Å². The molecule has 0 aromatic heterocycles. The maximum Gasteiger partial charge on any atom is 0.235 e. The molecular formula is C10H9NO3S2. The molecule has 1 heterocycles. The van der Waals surface area contributed by atoms with Crippen molar-refractivity contribution in [3.8, 4) is 0 Å². The Morgan fingerprint density at radius 3 is 2.50 bits per heavy atom. The number of thioether (sulfide) groups is 1. The second-order valence-electron chi connectivity index (χ2n) is 3.18. The van der Waals surface area contributed by atoms with Gasteiger partial charge in [-0.25, -0.2) is 8.42 Å². The zero-order chi connectivity index (χ0) is 11.6. The number of nitrogens with one attached hydrogen (secondary N) is 1. The average Bonchev–Trinajstić information content (AvgIpc) is 2.64. The summed E-state index contributed by atoms with van der Waals surface area (Å²) in [6.07, 6.45) is 0. The van der Waals surface area contributed by atoms with Gasteiger partial charge in [0, 0.05) is 0 Å². The number of sulfone groups is 1. The first-order valence-corrected chi connectivity index (χ1v) is 7.05. The van der Waals surface area contributed by atoms with Crippen molar-refractivity contribution < 1.29 is 13.2 Å². The molecule has 0 spiro atoms. The lowest BCUT2D eigenvalue weighted by Gasteiger charge is -2.00. The van der Waals surface area contributed by atoms with E-state index in [0.717, 1.165) is 5.41 Å². The minimum absolute atomic E-state index is 0.167. The summed E-state index contributed by atoms with van der Waals surface area (Å²) in [5.74, 6) is 0.107. The zero-order valence-corrected chi connectivity index (χ0v) is 9.85. The van der Waals surface area contributed by atoms with Crippen molar-refractivity contribution in [3.05, 3.63) is 40.8 Å². The van der Waals surface area contributed by atoms with Crippen LogP contribution in [0.3, 0.4) is 0 Å². The Labute approximate surface area is 97.7 Å². The van der Waals surface area contributed by atoms with E-state index in [1.165, 1.54) is 23.9 Å². The summed E-state index contributed by atoms with van der Waals surface area (Å²) < 4.78 is 23.7. The van der Waals surface area contributed by atoms with E-state index in [0.29, 0.717) is 5.03 Å². The van der Waals surface area contributed by atoms with Crippen LogP contribution in [0.4, 0.5) is 0 Å². The van der Waals surface area contributed by atoms with Crippen LogP contribution in [0.1, 0.15) is 0 Å². The van der Waals surface area contributed by atoms with Crippen LogP contribution in [0.25, 0.3) is 0 Å². The third kappa shape index (κ3) is 2.45. The fraction of sp³-hybridized carbons (Fsp3) is 0.100. The molecule has 2 rings (SSSR count). The predicted molar refractivity (Wildman–Crippen MR) is 62.3 cm³/mol. The van der Waals surface area contributed by atoms with E-state index in [-0.39, 0.29) is 16.6 Å². The van der Waals surface area contributed by atoms with E-state index >= 15 is 0 Å². The third-order valence-corrected chi connectivity index (χ3v) is 4.52. The fourth-order valence-corrected chi connectivity index (χ4v) is 3.45. The summed E-state index contributed by atoms with van der Waals surface area (Å²) in [6, 6.07) is 8.11. The van der Waals surface area contributed by atoms with E-state index in [2.05, 4.69) is 5.32 Å². The van der Waals surface area contributed by atoms with Crippen molar-refractivity contribution in [3.63, 3.8) is 0 Å². The summed E-state index contributed by atoms with van der Waals surface area (Å²) in [4.78, 5) is 11.1. The summed E-state index contributed by atoms with van der Waals surface area (Å²) >= 11 is 1.19. The van der Waals surface area contributed by atoms with Crippen LogP contribution >= 0.6 is 11.8 Å². The molecule has 0 aliphatic carbocycles. The Morgan fingerprint density at radius 1 is 1.25 bits per heavy atom. The molecule has 0 unspecified atom stereocenters. The van der Waals surface area contributed by atoms with Crippen molar-refractivity contribution >= 4 is 27.5 Å². The van der Waals surface area contributed by atoms with Crippen molar-refractivity contribution in [2.45, 2.75) is 4.90 Å². The van der Waals surface area contributed by atoms with Crippen LogP contribution < -0.4 is 5.32 Å². The van der Waals surface area contributed by atoms with Gasteiger partial charge in [0.1, 0.15) is 0 Å². The van der Waals surface area contributed by atoms with Gasteiger partial charge in [0.2, 0.25) is 15.7 Å². The molecule has 4 nitrogen and oxygen atoms in total. The molecule has 1 aromatic rings. The van der Waals surface area contributed by atoms with Gasteiger partial charge in [-0.05, 0) is 12.1 Å². The first-order chi connectivity index (χ1) is 7.58. The highest BCUT2D eigenvalue weighted by Gasteiger charge is 2.19. The summed E-state index contributed by atoms with van der Waals surface area (Å²) in [6.45, 7) is 0. The molecule has 6 heteroatoms. The number of hydrogen-bond donors (Lipinski definition) is 1. The smallest absolute Gasteiger partial charge is 0.235 e. The minimum Gasteiger partial charge on any atom is -0.319 e. The Morgan fingerprint density at radius 2 is 1.94 bits per heavy atom. The minimum atomic E-state index is -3.46. The number of carbonyl (C=O) groups is 1. The Hall–Kier alpha value is -1.27. The van der Waals surface area contributed by atoms with Crippen molar-refractivity contribution in [2.24, 2.45) is 0 Å². The van der Waals surface area contributed by atoms with E-state index < -0.39 is 9.84 Å². The topological polar surface area (TPSA) is 63.2 Å². The number of rotatable bonds is 2. The lowest BCUT2D eigenvalue weighted by Crippen LogP contribution is -2.14. The molecule has 84 valence electrons. The average molecular weight is 255 g/mol. The summed E-state index contributed by atoms with van der Waals surface area (Å²) in [5.41, 5.74) is 0. The zero-order valence-electron chi connectivity index (χ0n) is 8.21. The van der Waals surface area contributed by atoms with Crippen LogP contribution in [0.15, 0.2) is 45.7 Å². The molecule has 1 aliphatic rings. The van der Waals surface area contributed by atoms with Gasteiger partial charge < -0.3 is 5.32 Å². The number of hydrogen-bond acceptors (Lipinski definition) is 4. The molecule has 1 aliphatic heterocycles. The molecule has 1 aromatic carbocycles. The number of amides is 1. The van der Waals surface area contributed by atoms with E-state index in [1.807, 2.05) is 0 Å². The van der Waals surface area contributed by atoms with Crippen molar-refractivity contribution in [2.75, 3.05) is 5.75 Å². The monoisotopic (exact) mass is 255 g/mol. The molecule has 0 radical (unpaired) electrons. The number of carbonyl (C=O) groups excluding carboxylic acids is 1. The lowest BCUT2D eigenvalue weighted by atomic mass is 10.4. The van der Waals surface area contributed by atoms with Crippen LogP contribution in [0.2, 0.25) is 0 Å². The van der Waals surface area contributed by atoms with Crippen LogP contribution in [0, 0.1) is 0 Å². The largest absolute Gasteiger partial charge is 0.319 e. The fourth-order valence-electron chi connectivity index (χ4n) is 1.24. The highest BCUT2D eigenvalue weighted by atomic mass is 32.2. The Kier molecular flexibility index (Phi) is 3.02. The van der Waals surface area contributed by atoms with Crippen LogP contribution in [0.5, 0.6) is 0 Å². The Balaban J connectivity index is 2.31. The first-order valence-electron chi connectivity index (χ1n) is 4.52. The van der Waals surface area contributed by atoms with Gasteiger partial charge in [-0.2, -0.15) is 0 Å². The van der Waals surface area contributed by atoms with Crippen molar-refractivity contribution in [1.82, 2.24) is 5.32 Å². The van der Waals surface area contributed by atoms with E-state index in [1.54, 1.807) is 18.2 Å². The molecule has 0 atom stereocenters. The number of benzene rings is 1. The predicted octanol–water partition coefficient (Wildman–Crippen LogP) is 1.12. The van der Waals surface area contributed by atoms with Gasteiger partial charge in [-0.3, -0.25) is 4.79 Å². The normalized spacial score (nSPS) is 18.8. The van der Waals surface area contributed by atoms with Gasteiger partial charge in [0.25, 0.3) is 0 Å². The van der Waals surface area contributed by atoms with Gasteiger partial charge in [0.15, 0.2) is 0 Å². The maximum atomic E-state index is 11.9. The van der Waals surface area contributed by atoms with E-state index in [4.69, 9.17) is 0 Å².